The Bertz CT molecular complexity index is 885. The average molecular weight is 403 g/mol. The van der Waals surface area contributed by atoms with E-state index in [-0.39, 0.29) is 0 Å². The molecule has 0 saturated heterocycles. The van der Waals surface area contributed by atoms with Crippen molar-refractivity contribution in [2.24, 2.45) is 5.73 Å². The van der Waals surface area contributed by atoms with Gasteiger partial charge in [-0.05, 0) is 43.0 Å². The number of nitrogens with two attached hydrogens (primary N) is 1. The highest BCUT2D eigenvalue weighted by atomic mass is 16.4. The van der Waals surface area contributed by atoms with E-state index in [1.54, 1.807) is 0 Å². The zero-order valence-electron chi connectivity index (χ0n) is 17.4. The first kappa shape index (κ1) is 21.8. The van der Waals surface area contributed by atoms with Gasteiger partial charge < -0.3 is 10.8 Å². The molecule has 0 fully saturated rings. The first-order chi connectivity index (χ1) is 14.5. The fourth-order valence-electron chi connectivity index (χ4n) is 3.87. The van der Waals surface area contributed by atoms with Gasteiger partial charge in [0.05, 0.1) is 5.54 Å². The number of aliphatic carboxylic acids is 1. The lowest BCUT2D eigenvalue weighted by Crippen LogP contribution is -2.45. The largest absolute Gasteiger partial charge is 0.480 e. The molecular formula is C26H30N2O2. The first-order valence-corrected chi connectivity index (χ1v) is 10.5. The SMILES string of the molecule is Cc1ccc(C(NCCCCC(N)C(=O)O)(c2ccccc2)c2ccccc2)cc1. The van der Waals surface area contributed by atoms with E-state index in [4.69, 9.17) is 10.8 Å². The molecule has 1 atom stereocenters. The quantitative estimate of drug-likeness (QED) is 0.346. The van der Waals surface area contributed by atoms with Crippen LogP contribution in [0.2, 0.25) is 0 Å². The lowest BCUT2D eigenvalue weighted by Gasteiger charge is -2.37. The Labute approximate surface area is 178 Å². The van der Waals surface area contributed by atoms with E-state index in [0.29, 0.717) is 6.42 Å². The minimum absolute atomic E-state index is 0.477. The highest BCUT2D eigenvalue weighted by Gasteiger charge is 2.35. The van der Waals surface area contributed by atoms with Crippen LogP contribution in [-0.2, 0) is 10.3 Å². The van der Waals surface area contributed by atoms with E-state index >= 15 is 0 Å². The summed E-state index contributed by atoms with van der Waals surface area (Å²) in [5.41, 5.74) is 9.89. The molecule has 30 heavy (non-hydrogen) atoms. The van der Waals surface area contributed by atoms with Crippen molar-refractivity contribution in [1.29, 1.82) is 0 Å². The maximum absolute atomic E-state index is 11.0. The second-order valence-electron chi connectivity index (χ2n) is 7.72. The van der Waals surface area contributed by atoms with Gasteiger partial charge in [0.2, 0.25) is 0 Å². The first-order valence-electron chi connectivity index (χ1n) is 10.5. The summed E-state index contributed by atoms with van der Waals surface area (Å²) in [5, 5.41) is 12.8. The lowest BCUT2D eigenvalue weighted by molar-refractivity contribution is -0.138. The second-order valence-corrected chi connectivity index (χ2v) is 7.72. The Morgan fingerprint density at radius 3 is 1.87 bits per heavy atom. The molecule has 0 spiro atoms. The van der Waals surface area contributed by atoms with Gasteiger partial charge in [-0.1, -0.05) is 96.9 Å². The number of benzene rings is 3. The molecule has 0 bridgehead atoms. The van der Waals surface area contributed by atoms with E-state index in [1.807, 2.05) is 12.1 Å². The van der Waals surface area contributed by atoms with E-state index in [1.165, 1.54) is 22.3 Å². The number of hydrogen-bond acceptors (Lipinski definition) is 3. The molecule has 0 amide bonds. The molecule has 4 nitrogen and oxygen atoms in total. The third kappa shape index (κ3) is 4.96. The predicted molar refractivity (Wildman–Crippen MR) is 121 cm³/mol. The second kappa shape index (κ2) is 10.2. The van der Waals surface area contributed by atoms with Gasteiger partial charge in [-0.2, -0.15) is 0 Å². The van der Waals surface area contributed by atoms with Gasteiger partial charge >= 0.3 is 5.97 Å². The molecular weight excluding hydrogens is 372 g/mol. The van der Waals surface area contributed by atoms with E-state index < -0.39 is 17.6 Å². The van der Waals surface area contributed by atoms with Gasteiger partial charge in [-0.3, -0.25) is 10.1 Å². The van der Waals surface area contributed by atoms with Crippen LogP contribution >= 0.6 is 0 Å². The van der Waals surface area contributed by atoms with Crippen molar-refractivity contribution < 1.29 is 9.90 Å². The van der Waals surface area contributed by atoms with Crippen molar-refractivity contribution >= 4 is 5.97 Å². The molecule has 0 radical (unpaired) electrons. The minimum Gasteiger partial charge on any atom is -0.480 e. The van der Waals surface area contributed by atoms with Crippen molar-refractivity contribution in [3.63, 3.8) is 0 Å². The molecule has 0 aliphatic rings. The number of rotatable bonds is 10. The number of carbonyl (C=O) groups is 1. The minimum atomic E-state index is -0.939. The summed E-state index contributed by atoms with van der Waals surface area (Å²) in [6.07, 6.45) is 2.08. The number of aryl methyl sites for hydroxylation is 1. The van der Waals surface area contributed by atoms with Gasteiger partial charge in [0.1, 0.15) is 6.04 Å². The van der Waals surface area contributed by atoms with Crippen molar-refractivity contribution in [3.05, 3.63) is 107 Å². The Balaban J connectivity index is 1.95. The summed E-state index contributed by atoms with van der Waals surface area (Å²) < 4.78 is 0. The van der Waals surface area contributed by atoms with Crippen LogP contribution in [0, 0.1) is 6.92 Å². The molecule has 0 heterocycles. The van der Waals surface area contributed by atoms with Crippen molar-refractivity contribution in [2.45, 2.75) is 37.8 Å². The van der Waals surface area contributed by atoms with Crippen LogP contribution in [0.5, 0.6) is 0 Å². The molecule has 3 rings (SSSR count). The Morgan fingerprint density at radius 1 is 0.867 bits per heavy atom. The highest BCUT2D eigenvalue weighted by molar-refractivity contribution is 5.72. The third-order valence-electron chi connectivity index (χ3n) is 5.55. The van der Waals surface area contributed by atoms with Gasteiger partial charge in [0.25, 0.3) is 0 Å². The Kier molecular flexibility index (Phi) is 7.39. The van der Waals surface area contributed by atoms with Crippen LogP contribution in [0.4, 0.5) is 0 Å². The van der Waals surface area contributed by atoms with Gasteiger partial charge in [-0.15, -0.1) is 0 Å². The van der Waals surface area contributed by atoms with E-state index in [9.17, 15) is 4.79 Å². The van der Waals surface area contributed by atoms with Crippen LogP contribution in [0.25, 0.3) is 0 Å². The number of hydrogen-bond donors (Lipinski definition) is 3. The monoisotopic (exact) mass is 402 g/mol. The van der Waals surface area contributed by atoms with Gasteiger partial charge in [0.15, 0.2) is 0 Å². The molecule has 0 aromatic heterocycles. The molecule has 4 N–H and O–H groups in total. The Hall–Kier alpha value is -2.95. The zero-order chi connectivity index (χ0) is 21.4. The lowest BCUT2D eigenvalue weighted by atomic mass is 9.76. The fraction of sp³-hybridized carbons (Fsp3) is 0.269. The molecule has 1 unspecified atom stereocenters. The molecule has 0 saturated carbocycles. The van der Waals surface area contributed by atoms with Crippen molar-refractivity contribution in [1.82, 2.24) is 5.32 Å². The summed E-state index contributed by atoms with van der Waals surface area (Å²) in [4.78, 5) is 11.0. The topological polar surface area (TPSA) is 75.3 Å². The summed E-state index contributed by atoms with van der Waals surface area (Å²) in [7, 11) is 0. The van der Waals surface area contributed by atoms with Crippen LogP contribution < -0.4 is 11.1 Å². The molecule has 0 aliphatic heterocycles. The number of unbranched alkanes of at least 4 members (excludes halogenated alkanes) is 1. The van der Waals surface area contributed by atoms with Crippen LogP contribution in [-0.4, -0.2) is 23.7 Å². The molecule has 4 heteroatoms. The van der Waals surface area contributed by atoms with Crippen molar-refractivity contribution in [2.75, 3.05) is 6.54 Å². The van der Waals surface area contributed by atoms with E-state index in [2.05, 4.69) is 85.0 Å². The Morgan fingerprint density at radius 2 is 1.37 bits per heavy atom. The van der Waals surface area contributed by atoms with Crippen molar-refractivity contribution in [3.8, 4) is 0 Å². The molecule has 0 aliphatic carbocycles. The molecule has 3 aromatic rings. The highest BCUT2D eigenvalue weighted by Crippen LogP contribution is 2.37. The standard InChI is InChI=1S/C26H30N2O2/c1-20-15-17-23(18-16-20)26(21-10-4-2-5-11-21,22-12-6-3-7-13-22)28-19-9-8-14-24(27)25(29)30/h2-7,10-13,15-18,24,28H,8-9,14,19,27H2,1H3,(H,29,30). The zero-order valence-corrected chi connectivity index (χ0v) is 17.4. The fourth-order valence-corrected chi connectivity index (χ4v) is 3.87. The van der Waals surface area contributed by atoms with Crippen LogP contribution in [0.1, 0.15) is 41.5 Å². The smallest absolute Gasteiger partial charge is 0.320 e. The summed E-state index contributed by atoms with van der Waals surface area (Å²) >= 11 is 0. The summed E-state index contributed by atoms with van der Waals surface area (Å²) in [6, 6.07) is 28.8. The summed E-state index contributed by atoms with van der Waals surface area (Å²) in [6.45, 7) is 2.83. The molecule has 3 aromatic carbocycles. The third-order valence-corrected chi connectivity index (χ3v) is 5.55. The molecule has 156 valence electrons. The summed E-state index contributed by atoms with van der Waals surface area (Å²) in [5.74, 6) is -0.939. The maximum Gasteiger partial charge on any atom is 0.320 e. The van der Waals surface area contributed by atoms with Crippen LogP contribution in [0.15, 0.2) is 84.9 Å². The van der Waals surface area contributed by atoms with E-state index in [0.717, 1.165) is 19.4 Å². The number of carboxylic acids is 1. The maximum atomic E-state index is 11.0. The number of carboxylic acid groups (broad SMARTS) is 1. The number of nitrogens with one attached hydrogen (secondary N) is 1. The van der Waals surface area contributed by atoms with Crippen LogP contribution in [0.3, 0.4) is 0 Å². The normalized spacial score (nSPS) is 12.5. The predicted octanol–water partition coefficient (Wildman–Crippen LogP) is 4.46. The van der Waals surface area contributed by atoms with Gasteiger partial charge in [-0.25, -0.2) is 0 Å². The van der Waals surface area contributed by atoms with Gasteiger partial charge in [0, 0.05) is 0 Å². The average Bonchev–Trinajstić information content (AvgIpc) is 2.78.